The van der Waals surface area contributed by atoms with Crippen LogP contribution in [0, 0.1) is 0 Å². The largest absolute Gasteiger partial charge is 0.424 e. The van der Waals surface area contributed by atoms with Crippen molar-refractivity contribution in [3.8, 4) is 11.8 Å². The minimum atomic E-state index is 0.447. The summed E-state index contributed by atoms with van der Waals surface area (Å²) in [5, 5.41) is 0. The summed E-state index contributed by atoms with van der Waals surface area (Å²) in [6, 6.07) is 13.6. The number of ether oxygens (including phenoxy) is 1. The molecule has 0 unspecified atom stereocenters. The molecule has 0 saturated carbocycles. The van der Waals surface area contributed by atoms with Gasteiger partial charge in [-0.1, -0.05) is 12.1 Å². The second-order valence-corrected chi connectivity index (χ2v) is 4.71. The molecule has 0 bridgehead atoms. The number of H-pyrrole nitrogens is 1. The molecule has 0 fully saturated rings. The topological polar surface area (TPSA) is 63.9 Å². The predicted octanol–water partition coefficient (Wildman–Crippen LogP) is 3.70. The molecule has 0 saturated heterocycles. The Balaban J connectivity index is 1.98. The van der Waals surface area contributed by atoms with Gasteiger partial charge in [-0.3, -0.25) is 0 Å². The van der Waals surface area contributed by atoms with E-state index in [4.69, 9.17) is 10.5 Å². The fourth-order valence-electron chi connectivity index (χ4n) is 1.68. The molecule has 90 valence electrons. The van der Waals surface area contributed by atoms with Gasteiger partial charge in [-0.2, -0.15) is 4.98 Å². The summed E-state index contributed by atoms with van der Waals surface area (Å²) in [6.07, 6.45) is 0. The maximum absolute atomic E-state index is 5.71. The van der Waals surface area contributed by atoms with Gasteiger partial charge in [-0.15, -0.1) is 0 Å². The van der Waals surface area contributed by atoms with Gasteiger partial charge in [-0.25, -0.2) is 0 Å². The molecule has 1 heterocycles. The van der Waals surface area contributed by atoms with Gasteiger partial charge in [0.05, 0.1) is 15.5 Å². The smallest absolute Gasteiger partial charge is 0.300 e. The zero-order valence-corrected chi connectivity index (χ0v) is 10.9. The fraction of sp³-hybridized carbons (Fsp3) is 0. The highest BCUT2D eigenvalue weighted by Gasteiger charge is 2.06. The van der Waals surface area contributed by atoms with Crippen molar-refractivity contribution < 1.29 is 4.74 Å². The number of rotatable bonds is 2. The molecule has 0 radical (unpaired) electrons. The number of hydrogen-bond donors (Lipinski definition) is 2. The lowest BCUT2D eigenvalue weighted by Gasteiger charge is -2.02. The van der Waals surface area contributed by atoms with Crippen LogP contribution in [0.5, 0.6) is 11.8 Å². The summed E-state index contributed by atoms with van der Waals surface area (Å²) in [6.45, 7) is 0. The average molecular weight is 304 g/mol. The van der Waals surface area contributed by atoms with E-state index < -0.39 is 0 Å². The molecule has 3 aromatic rings. The summed E-state index contributed by atoms with van der Waals surface area (Å²) < 4.78 is 6.56. The van der Waals surface area contributed by atoms with E-state index >= 15 is 0 Å². The Kier molecular flexibility index (Phi) is 2.68. The SMILES string of the molecule is Nc1ccc2nc(Oc3ccccc3Br)[nH]c2c1. The van der Waals surface area contributed by atoms with Crippen LogP contribution in [0.1, 0.15) is 0 Å². The van der Waals surface area contributed by atoms with Gasteiger partial charge in [0.25, 0.3) is 6.01 Å². The van der Waals surface area contributed by atoms with E-state index in [0.717, 1.165) is 15.5 Å². The minimum absolute atomic E-state index is 0.447. The first kappa shape index (κ1) is 11.1. The number of fused-ring (bicyclic) bond motifs is 1. The molecule has 4 nitrogen and oxygen atoms in total. The zero-order chi connectivity index (χ0) is 12.5. The number of aromatic nitrogens is 2. The van der Waals surface area contributed by atoms with Crippen molar-refractivity contribution in [2.75, 3.05) is 5.73 Å². The van der Waals surface area contributed by atoms with Gasteiger partial charge >= 0.3 is 0 Å². The number of anilines is 1. The van der Waals surface area contributed by atoms with Crippen molar-refractivity contribution >= 4 is 32.7 Å². The lowest BCUT2D eigenvalue weighted by molar-refractivity contribution is 0.446. The van der Waals surface area contributed by atoms with Crippen LogP contribution in [-0.2, 0) is 0 Å². The third kappa shape index (κ3) is 2.04. The van der Waals surface area contributed by atoms with Crippen molar-refractivity contribution in [1.29, 1.82) is 0 Å². The fourth-order valence-corrected chi connectivity index (χ4v) is 2.05. The van der Waals surface area contributed by atoms with E-state index in [2.05, 4.69) is 25.9 Å². The number of imidazole rings is 1. The maximum atomic E-state index is 5.71. The molecule has 3 N–H and O–H groups in total. The first-order valence-electron chi connectivity index (χ1n) is 5.40. The van der Waals surface area contributed by atoms with Crippen LogP contribution >= 0.6 is 15.9 Å². The normalized spacial score (nSPS) is 10.7. The second-order valence-electron chi connectivity index (χ2n) is 3.85. The van der Waals surface area contributed by atoms with Crippen LogP contribution in [0.2, 0.25) is 0 Å². The molecular weight excluding hydrogens is 294 g/mol. The van der Waals surface area contributed by atoms with Gasteiger partial charge in [-0.05, 0) is 46.3 Å². The number of nitrogen functional groups attached to an aromatic ring is 1. The Morgan fingerprint density at radius 3 is 2.83 bits per heavy atom. The number of nitrogens with one attached hydrogen (secondary N) is 1. The number of nitrogens with zero attached hydrogens (tertiary/aromatic N) is 1. The van der Waals surface area contributed by atoms with Crippen molar-refractivity contribution in [3.05, 3.63) is 46.9 Å². The molecule has 0 aliphatic carbocycles. The van der Waals surface area contributed by atoms with Gasteiger partial charge in [0.15, 0.2) is 0 Å². The van der Waals surface area contributed by atoms with Crippen LogP contribution < -0.4 is 10.5 Å². The Labute approximate surface area is 112 Å². The van der Waals surface area contributed by atoms with Gasteiger partial charge in [0.1, 0.15) is 5.75 Å². The van der Waals surface area contributed by atoms with Gasteiger partial charge in [0.2, 0.25) is 0 Å². The minimum Gasteiger partial charge on any atom is -0.424 e. The number of benzene rings is 2. The Morgan fingerprint density at radius 2 is 2.00 bits per heavy atom. The first-order chi connectivity index (χ1) is 8.72. The summed E-state index contributed by atoms with van der Waals surface area (Å²) in [5.74, 6) is 0.713. The molecular formula is C13H10BrN3O. The average Bonchev–Trinajstić information content (AvgIpc) is 2.73. The lowest BCUT2D eigenvalue weighted by atomic mass is 10.3. The molecule has 2 aromatic carbocycles. The maximum Gasteiger partial charge on any atom is 0.300 e. The van der Waals surface area contributed by atoms with E-state index in [1.807, 2.05) is 42.5 Å². The Morgan fingerprint density at radius 1 is 1.17 bits per heavy atom. The molecule has 1 aromatic heterocycles. The van der Waals surface area contributed by atoms with E-state index in [0.29, 0.717) is 17.4 Å². The van der Waals surface area contributed by atoms with E-state index in [9.17, 15) is 0 Å². The molecule has 3 rings (SSSR count). The van der Waals surface area contributed by atoms with Crippen LogP contribution in [-0.4, -0.2) is 9.97 Å². The van der Waals surface area contributed by atoms with Crippen molar-refractivity contribution in [1.82, 2.24) is 9.97 Å². The van der Waals surface area contributed by atoms with Crippen molar-refractivity contribution in [2.45, 2.75) is 0 Å². The number of para-hydroxylation sites is 1. The van der Waals surface area contributed by atoms with Crippen LogP contribution in [0.15, 0.2) is 46.9 Å². The number of aromatic amines is 1. The summed E-state index contributed by atoms with van der Waals surface area (Å²) in [7, 11) is 0. The monoisotopic (exact) mass is 303 g/mol. The molecule has 0 spiro atoms. The molecule has 0 amide bonds. The third-order valence-electron chi connectivity index (χ3n) is 2.53. The lowest BCUT2D eigenvalue weighted by Crippen LogP contribution is -1.86. The van der Waals surface area contributed by atoms with E-state index in [-0.39, 0.29) is 0 Å². The third-order valence-corrected chi connectivity index (χ3v) is 3.18. The van der Waals surface area contributed by atoms with Crippen LogP contribution in [0.25, 0.3) is 11.0 Å². The molecule has 18 heavy (non-hydrogen) atoms. The first-order valence-corrected chi connectivity index (χ1v) is 6.19. The van der Waals surface area contributed by atoms with Crippen LogP contribution in [0.3, 0.4) is 0 Å². The highest BCUT2D eigenvalue weighted by atomic mass is 79.9. The molecule has 5 heteroatoms. The summed E-state index contributed by atoms with van der Waals surface area (Å²) >= 11 is 3.42. The zero-order valence-electron chi connectivity index (χ0n) is 9.35. The highest BCUT2D eigenvalue weighted by Crippen LogP contribution is 2.29. The second kappa shape index (κ2) is 4.34. The summed E-state index contributed by atoms with van der Waals surface area (Å²) in [5.41, 5.74) is 8.09. The quantitative estimate of drug-likeness (QED) is 0.710. The standard InChI is InChI=1S/C13H10BrN3O/c14-9-3-1-2-4-12(9)18-13-16-10-6-5-8(15)7-11(10)17-13/h1-7H,15H2,(H,16,17). The number of hydrogen-bond acceptors (Lipinski definition) is 3. The molecule has 0 aliphatic heterocycles. The predicted molar refractivity (Wildman–Crippen MR) is 74.7 cm³/mol. The molecule has 0 aliphatic rings. The Bertz CT molecular complexity index is 708. The van der Waals surface area contributed by atoms with Crippen molar-refractivity contribution in [2.24, 2.45) is 0 Å². The number of halogens is 1. The van der Waals surface area contributed by atoms with E-state index in [1.54, 1.807) is 0 Å². The summed E-state index contributed by atoms with van der Waals surface area (Å²) in [4.78, 5) is 7.41. The Hall–Kier alpha value is -2.01. The molecule has 0 atom stereocenters. The van der Waals surface area contributed by atoms with E-state index in [1.165, 1.54) is 0 Å². The number of nitrogens with two attached hydrogens (primary N) is 1. The highest BCUT2D eigenvalue weighted by molar-refractivity contribution is 9.10. The van der Waals surface area contributed by atoms with Gasteiger partial charge in [0, 0.05) is 5.69 Å². The van der Waals surface area contributed by atoms with Crippen LogP contribution in [0.4, 0.5) is 5.69 Å². The van der Waals surface area contributed by atoms with Crippen molar-refractivity contribution in [3.63, 3.8) is 0 Å². The van der Waals surface area contributed by atoms with Gasteiger partial charge < -0.3 is 15.5 Å².